The van der Waals surface area contributed by atoms with E-state index in [1.165, 1.54) is 29.5 Å². The van der Waals surface area contributed by atoms with Gasteiger partial charge in [-0.15, -0.1) is 10.2 Å². The Morgan fingerprint density at radius 2 is 2.33 bits per heavy atom. The summed E-state index contributed by atoms with van der Waals surface area (Å²) < 4.78 is 1.96. The number of nitrogens with zero attached hydrogens (tertiary/aromatic N) is 3. The van der Waals surface area contributed by atoms with Crippen LogP contribution in [0.5, 0.6) is 0 Å². The molecule has 0 aliphatic heterocycles. The Kier molecular flexibility index (Phi) is 2.88. The van der Waals surface area contributed by atoms with Crippen molar-refractivity contribution >= 4 is 0 Å². The zero-order valence-corrected chi connectivity index (χ0v) is 10.8. The molecule has 0 fully saturated rings. The molecular weight excluding hydrogens is 224 g/mol. The number of aryl methyl sites for hydroxylation is 3. The molecule has 0 radical (unpaired) electrons. The molecule has 94 valence electrons. The first-order chi connectivity index (χ1) is 8.74. The summed E-state index contributed by atoms with van der Waals surface area (Å²) in [6.45, 7) is 2.92. The molecule has 1 heterocycles. The molecule has 4 heteroatoms. The van der Waals surface area contributed by atoms with Crippen molar-refractivity contribution in [2.75, 3.05) is 0 Å². The summed E-state index contributed by atoms with van der Waals surface area (Å²) >= 11 is 0. The smallest absolute Gasteiger partial charge is 0.146 e. The number of rotatable bonds is 3. The summed E-state index contributed by atoms with van der Waals surface area (Å²) in [4.78, 5) is 0. The molecule has 0 amide bonds. The van der Waals surface area contributed by atoms with E-state index in [1.54, 1.807) is 6.33 Å². The van der Waals surface area contributed by atoms with Gasteiger partial charge in [-0.1, -0.05) is 23.8 Å². The van der Waals surface area contributed by atoms with E-state index in [4.69, 9.17) is 0 Å². The molecule has 1 aromatic heterocycles. The van der Waals surface area contributed by atoms with Gasteiger partial charge in [0.25, 0.3) is 0 Å². The van der Waals surface area contributed by atoms with E-state index in [2.05, 4.69) is 40.6 Å². The Hall–Kier alpha value is -1.68. The van der Waals surface area contributed by atoms with Gasteiger partial charge < -0.3 is 9.88 Å². The molecule has 18 heavy (non-hydrogen) atoms. The molecule has 0 saturated carbocycles. The molecule has 1 N–H and O–H groups in total. The van der Waals surface area contributed by atoms with E-state index in [0.717, 1.165) is 12.4 Å². The topological polar surface area (TPSA) is 42.7 Å². The predicted octanol–water partition coefficient (Wildman–Crippen LogP) is 1.90. The second-order valence-corrected chi connectivity index (χ2v) is 5.03. The van der Waals surface area contributed by atoms with Gasteiger partial charge in [-0.05, 0) is 30.9 Å². The number of hydrogen-bond donors (Lipinski definition) is 1. The molecule has 1 aliphatic rings. The standard InChI is InChI=1S/C14H18N4/c1-10-3-4-11-5-6-13(12(11)7-10)15-8-14-17-16-9-18(14)2/h3-4,7,9,13,15H,5-6,8H2,1-2H3. The number of hydrogen-bond acceptors (Lipinski definition) is 3. The summed E-state index contributed by atoms with van der Waals surface area (Å²) in [5.41, 5.74) is 4.27. The number of fused-ring (bicyclic) bond motifs is 1. The lowest BCUT2D eigenvalue weighted by molar-refractivity contribution is 0.511. The molecule has 1 atom stereocenters. The lowest BCUT2D eigenvalue weighted by Crippen LogP contribution is -2.20. The molecule has 1 aromatic carbocycles. The fourth-order valence-corrected chi connectivity index (χ4v) is 2.62. The van der Waals surface area contributed by atoms with Crippen LogP contribution in [0.4, 0.5) is 0 Å². The minimum atomic E-state index is 0.455. The summed E-state index contributed by atoms with van der Waals surface area (Å²) in [6.07, 6.45) is 4.09. The summed E-state index contributed by atoms with van der Waals surface area (Å²) in [5, 5.41) is 11.6. The van der Waals surface area contributed by atoms with Gasteiger partial charge in [0, 0.05) is 13.1 Å². The van der Waals surface area contributed by atoms with Crippen molar-refractivity contribution in [3.63, 3.8) is 0 Å². The van der Waals surface area contributed by atoms with Crippen molar-refractivity contribution < 1.29 is 0 Å². The van der Waals surface area contributed by atoms with Crippen molar-refractivity contribution in [3.8, 4) is 0 Å². The van der Waals surface area contributed by atoms with Gasteiger partial charge in [0.05, 0.1) is 6.54 Å². The van der Waals surface area contributed by atoms with Crippen LogP contribution in [0.15, 0.2) is 24.5 Å². The molecule has 0 saturated heterocycles. The van der Waals surface area contributed by atoms with Crippen LogP contribution in [0.1, 0.15) is 35.0 Å². The lowest BCUT2D eigenvalue weighted by atomic mass is 10.1. The maximum atomic E-state index is 4.10. The quantitative estimate of drug-likeness (QED) is 0.894. The van der Waals surface area contributed by atoms with E-state index in [9.17, 15) is 0 Å². The fraction of sp³-hybridized carbons (Fsp3) is 0.429. The fourth-order valence-electron chi connectivity index (χ4n) is 2.62. The minimum Gasteiger partial charge on any atom is -0.320 e. The molecule has 1 unspecified atom stereocenters. The third-order valence-electron chi connectivity index (χ3n) is 3.69. The van der Waals surface area contributed by atoms with E-state index >= 15 is 0 Å². The Labute approximate surface area is 107 Å². The predicted molar refractivity (Wildman–Crippen MR) is 70.1 cm³/mol. The van der Waals surface area contributed by atoms with Gasteiger partial charge in [-0.2, -0.15) is 0 Å². The number of aromatic nitrogens is 3. The third kappa shape index (κ3) is 2.04. The van der Waals surface area contributed by atoms with E-state index in [0.29, 0.717) is 6.04 Å². The Morgan fingerprint density at radius 3 is 3.11 bits per heavy atom. The molecular formula is C14H18N4. The second kappa shape index (κ2) is 4.53. The van der Waals surface area contributed by atoms with Crippen molar-refractivity contribution in [1.29, 1.82) is 0 Å². The highest BCUT2D eigenvalue weighted by molar-refractivity contribution is 5.37. The largest absolute Gasteiger partial charge is 0.320 e. The van der Waals surface area contributed by atoms with Crippen molar-refractivity contribution in [3.05, 3.63) is 47.0 Å². The van der Waals surface area contributed by atoms with Crippen LogP contribution in [0.2, 0.25) is 0 Å². The zero-order chi connectivity index (χ0) is 12.5. The van der Waals surface area contributed by atoms with E-state index in [-0.39, 0.29) is 0 Å². The normalized spacial score (nSPS) is 18.0. The van der Waals surface area contributed by atoms with Gasteiger partial charge in [-0.3, -0.25) is 0 Å². The molecule has 4 nitrogen and oxygen atoms in total. The molecule has 0 spiro atoms. The van der Waals surface area contributed by atoms with Gasteiger partial charge in [0.2, 0.25) is 0 Å². The van der Waals surface area contributed by atoms with Crippen molar-refractivity contribution in [1.82, 2.24) is 20.1 Å². The van der Waals surface area contributed by atoms with Crippen LogP contribution >= 0.6 is 0 Å². The number of benzene rings is 1. The first-order valence-electron chi connectivity index (χ1n) is 6.40. The van der Waals surface area contributed by atoms with Crippen LogP contribution in [-0.4, -0.2) is 14.8 Å². The second-order valence-electron chi connectivity index (χ2n) is 5.03. The van der Waals surface area contributed by atoms with Gasteiger partial charge >= 0.3 is 0 Å². The highest BCUT2D eigenvalue weighted by Gasteiger charge is 2.22. The summed E-state index contributed by atoms with van der Waals surface area (Å²) in [5.74, 6) is 0.983. The van der Waals surface area contributed by atoms with Gasteiger partial charge in [-0.25, -0.2) is 0 Å². The van der Waals surface area contributed by atoms with Gasteiger partial charge in [0.1, 0.15) is 12.2 Å². The maximum absolute atomic E-state index is 4.10. The molecule has 2 aromatic rings. The summed E-state index contributed by atoms with van der Waals surface area (Å²) in [7, 11) is 1.98. The van der Waals surface area contributed by atoms with Crippen LogP contribution in [0.25, 0.3) is 0 Å². The zero-order valence-electron chi connectivity index (χ0n) is 10.8. The molecule has 1 aliphatic carbocycles. The maximum Gasteiger partial charge on any atom is 0.146 e. The van der Waals surface area contributed by atoms with E-state index in [1.807, 2.05) is 11.6 Å². The van der Waals surface area contributed by atoms with Crippen LogP contribution in [-0.2, 0) is 20.0 Å². The summed E-state index contributed by atoms with van der Waals surface area (Å²) in [6, 6.07) is 7.21. The minimum absolute atomic E-state index is 0.455. The molecule has 3 rings (SSSR count). The highest BCUT2D eigenvalue weighted by atomic mass is 15.3. The lowest BCUT2D eigenvalue weighted by Gasteiger charge is -2.14. The Balaban J connectivity index is 1.73. The Morgan fingerprint density at radius 1 is 1.44 bits per heavy atom. The Bertz CT molecular complexity index is 559. The third-order valence-corrected chi connectivity index (χ3v) is 3.69. The SMILES string of the molecule is Cc1ccc2c(c1)C(NCc1nncn1C)CC2. The highest BCUT2D eigenvalue weighted by Crippen LogP contribution is 2.31. The average Bonchev–Trinajstić information content (AvgIpc) is 2.93. The number of nitrogens with one attached hydrogen (secondary N) is 1. The molecule has 0 bridgehead atoms. The van der Waals surface area contributed by atoms with Crippen LogP contribution < -0.4 is 5.32 Å². The van der Waals surface area contributed by atoms with E-state index < -0.39 is 0 Å². The van der Waals surface area contributed by atoms with Crippen LogP contribution in [0.3, 0.4) is 0 Å². The first-order valence-corrected chi connectivity index (χ1v) is 6.40. The van der Waals surface area contributed by atoms with Crippen molar-refractivity contribution in [2.45, 2.75) is 32.4 Å². The van der Waals surface area contributed by atoms with Gasteiger partial charge in [0.15, 0.2) is 0 Å². The first kappa shape index (κ1) is 11.4. The monoisotopic (exact) mass is 242 g/mol. The van der Waals surface area contributed by atoms with Crippen molar-refractivity contribution in [2.24, 2.45) is 7.05 Å². The average molecular weight is 242 g/mol. The van der Waals surface area contributed by atoms with Crippen LogP contribution in [0, 0.1) is 6.92 Å².